The molecule has 0 spiro atoms. The van der Waals surface area contributed by atoms with Gasteiger partial charge in [-0.05, 0) is 68.6 Å². The number of nitrogens with one attached hydrogen (secondary N) is 2. The molecule has 0 heterocycles. The molecule has 1 saturated carbocycles. The third kappa shape index (κ3) is 7.17. The van der Waals surface area contributed by atoms with Crippen LogP contribution in [0.5, 0.6) is 0 Å². The molecule has 152 valence electrons. The van der Waals surface area contributed by atoms with E-state index in [2.05, 4.69) is 31.4 Å². The molecule has 0 atom stereocenters. The van der Waals surface area contributed by atoms with E-state index >= 15 is 0 Å². The van der Waals surface area contributed by atoms with Crippen LogP contribution in [-0.2, 0) is 16.3 Å². The summed E-state index contributed by atoms with van der Waals surface area (Å²) in [5.74, 6) is 2.53. The Morgan fingerprint density at radius 3 is 2.30 bits per heavy atom. The van der Waals surface area contributed by atoms with Gasteiger partial charge in [-0.2, -0.15) is 0 Å². The number of rotatable bonds is 7. The third-order valence-electron chi connectivity index (χ3n) is 5.42. The van der Waals surface area contributed by atoms with Crippen molar-refractivity contribution in [1.82, 2.24) is 10.6 Å². The topological polar surface area (TPSA) is 70.6 Å². The van der Waals surface area contributed by atoms with Crippen molar-refractivity contribution in [2.24, 2.45) is 16.8 Å². The van der Waals surface area contributed by atoms with Crippen LogP contribution in [0.4, 0.5) is 0 Å². The van der Waals surface area contributed by atoms with E-state index in [0.717, 1.165) is 36.3 Å². The van der Waals surface area contributed by atoms with Crippen LogP contribution >= 0.6 is 0 Å². The molecule has 2 N–H and O–H groups in total. The van der Waals surface area contributed by atoms with Crippen molar-refractivity contribution in [3.63, 3.8) is 0 Å². The van der Waals surface area contributed by atoms with E-state index in [9.17, 15) is 8.42 Å². The Morgan fingerprint density at radius 2 is 1.78 bits per heavy atom. The average Bonchev–Trinajstić information content (AvgIpc) is 2.62. The molecule has 0 radical (unpaired) electrons. The quantitative estimate of drug-likeness (QED) is 0.550. The highest BCUT2D eigenvalue weighted by molar-refractivity contribution is 7.90. The maximum Gasteiger partial charge on any atom is 0.191 e. The van der Waals surface area contributed by atoms with Gasteiger partial charge in [-0.3, -0.25) is 4.99 Å². The number of hydrogen-bond donors (Lipinski definition) is 2. The summed E-state index contributed by atoms with van der Waals surface area (Å²) in [5.41, 5.74) is 1.10. The Bertz CT molecular complexity index is 703. The van der Waals surface area contributed by atoms with Crippen molar-refractivity contribution in [3.05, 3.63) is 29.8 Å². The van der Waals surface area contributed by atoms with Crippen molar-refractivity contribution in [2.75, 3.05) is 19.3 Å². The Kier molecular flexibility index (Phi) is 8.14. The first kappa shape index (κ1) is 21.7. The first-order valence-electron chi connectivity index (χ1n) is 10.1. The largest absolute Gasteiger partial charge is 0.357 e. The summed E-state index contributed by atoms with van der Waals surface area (Å²) >= 11 is 0. The standard InChI is InChI=1S/C21H35N3O2S/c1-5-22-21(24-19-10-8-18(9-11-19)16(2)3)23-15-14-17-6-12-20(13-7-17)27(4,25)26/h6-7,12-13,16,18-19H,5,8-11,14-15H2,1-4H3,(H2,22,23,24). The molecule has 6 heteroatoms. The molecule has 0 unspecified atom stereocenters. The zero-order valence-electron chi connectivity index (χ0n) is 17.2. The van der Waals surface area contributed by atoms with Crippen molar-refractivity contribution in [1.29, 1.82) is 0 Å². The van der Waals surface area contributed by atoms with Crippen LogP contribution in [0.15, 0.2) is 34.2 Å². The lowest BCUT2D eigenvalue weighted by atomic mass is 9.80. The van der Waals surface area contributed by atoms with Gasteiger partial charge < -0.3 is 10.6 Å². The fraction of sp³-hybridized carbons (Fsp3) is 0.667. The Hall–Kier alpha value is -1.56. The van der Waals surface area contributed by atoms with Gasteiger partial charge in [-0.1, -0.05) is 26.0 Å². The number of guanidine groups is 1. The molecule has 0 saturated heterocycles. The van der Waals surface area contributed by atoms with Gasteiger partial charge in [0, 0.05) is 25.4 Å². The van der Waals surface area contributed by atoms with Crippen molar-refractivity contribution >= 4 is 15.8 Å². The van der Waals surface area contributed by atoms with Gasteiger partial charge in [0.15, 0.2) is 15.8 Å². The molecule has 27 heavy (non-hydrogen) atoms. The summed E-state index contributed by atoms with van der Waals surface area (Å²) in [4.78, 5) is 5.07. The fourth-order valence-electron chi connectivity index (χ4n) is 3.64. The van der Waals surface area contributed by atoms with Crippen LogP contribution in [0.1, 0.15) is 52.0 Å². The highest BCUT2D eigenvalue weighted by Crippen LogP contribution is 2.29. The second kappa shape index (κ2) is 10.1. The summed E-state index contributed by atoms with van der Waals surface area (Å²) in [5, 5.41) is 6.93. The predicted molar refractivity (Wildman–Crippen MR) is 113 cm³/mol. The summed E-state index contributed by atoms with van der Waals surface area (Å²) < 4.78 is 23.1. The summed E-state index contributed by atoms with van der Waals surface area (Å²) in [6.07, 6.45) is 7.03. The third-order valence-corrected chi connectivity index (χ3v) is 6.55. The molecule has 0 amide bonds. The van der Waals surface area contributed by atoms with Crippen molar-refractivity contribution in [3.8, 4) is 0 Å². The molecule has 0 aliphatic heterocycles. The zero-order chi connectivity index (χ0) is 19.9. The Balaban J connectivity index is 1.86. The number of hydrogen-bond acceptors (Lipinski definition) is 3. The summed E-state index contributed by atoms with van der Waals surface area (Å²) in [6.45, 7) is 8.25. The van der Waals surface area contributed by atoms with Gasteiger partial charge in [0.05, 0.1) is 4.90 Å². The molecule has 1 fully saturated rings. The first-order valence-corrected chi connectivity index (χ1v) is 12.0. The SMILES string of the molecule is CCNC(=NCCc1ccc(S(C)(=O)=O)cc1)NC1CCC(C(C)C)CC1. The zero-order valence-corrected chi connectivity index (χ0v) is 18.0. The van der Waals surface area contributed by atoms with E-state index in [1.165, 1.54) is 31.9 Å². The molecule has 5 nitrogen and oxygen atoms in total. The molecular formula is C21H35N3O2S. The van der Waals surface area contributed by atoms with E-state index in [-0.39, 0.29) is 0 Å². The first-order chi connectivity index (χ1) is 12.8. The molecular weight excluding hydrogens is 358 g/mol. The van der Waals surface area contributed by atoms with Gasteiger partial charge in [0.25, 0.3) is 0 Å². The van der Waals surface area contributed by atoms with Gasteiger partial charge >= 0.3 is 0 Å². The van der Waals surface area contributed by atoms with Gasteiger partial charge in [0.2, 0.25) is 0 Å². The number of benzene rings is 1. The van der Waals surface area contributed by atoms with Crippen LogP contribution in [0, 0.1) is 11.8 Å². The second-order valence-corrected chi connectivity index (χ2v) is 9.94. The van der Waals surface area contributed by atoms with Gasteiger partial charge in [0.1, 0.15) is 0 Å². The van der Waals surface area contributed by atoms with E-state index in [4.69, 9.17) is 4.99 Å². The minimum atomic E-state index is -3.13. The highest BCUT2D eigenvalue weighted by atomic mass is 32.2. The molecule has 1 aliphatic rings. The van der Waals surface area contributed by atoms with Crippen molar-refractivity contribution < 1.29 is 8.42 Å². The lowest BCUT2D eigenvalue weighted by molar-refractivity contribution is 0.250. The van der Waals surface area contributed by atoms with Gasteiger partial charge in [-0.15, -0.1) is 0 Å². The van der Waals surface area contributed by atoms with E-state index < -0.39 is 9.84 Å². The molecule has 0 bridgehead atoms. The van der Waals surface area contributed by atoms with Crippen LogP contribution in [0.25, 0.3) is 0 Å². The lowest BCUT2D eigenvalue weighted by Crippen LogP contribution is -2.45. The number of sulfone groups is 1. The smallest absolute Gasteiger partial charge is 0.191 e. The summed E-state index contributed by atoms with van der Waals surface area (Å²) in [6, 6.07) is 7.60. The molecule has 1 aliphatic carbocycles. The molecule has 0 aromatic heterocycles. The van der Waals surface area contributed by atoms with Crippen molar-refractivity contribution in [2.45, 2.75) is 63.8 Å². The van der Waals surface area contributed by atoms with Crippen LogP contribution in [0.3, 0.4) is 0 Å². The van der Waals surface area contributed by atoms with E-state index in [1.807, 2.05) is 12.1 Å². The van der Waals surface area contributed by atoms with Crippen LogP contribution in [-0.4, -0.2) is 39.8 Å². The number of nitrogens with zero attached hydrogens (tertiary/aromatic N) is 1. The average molecular weight is 394 g/mol. The second-order valence-electron chi connectivity index (χ2n) is 7.93. The van der Waals surface area contributed by atoms with Crippen LogP contribution < -0.4 is 10.6 Å². The fourth-order valence-corrected chi connectivity index (χ4v) is 4.27. The predicted octanol–water partition coefficient (Wildman–Crippen LogP) is 3.40. The minimum absolute atomic E-state index is 0.363. The van der Waals surface area contributed by atoms with Gasteiger partial charge in [-0.25, -0.2) is 8.42 Å². The normalized spacial score (nSPS) is 21.3. The highest BCUT2D eigenvalue weighted by Gasteiger charge is 2.23. The van der Waals surface area contributed by atoms with E-state index in [1.54, 1.807) is 12.1 Å². The minimum Gasteiger partial charge on any atom is -0.357 e. The number of aliphatic imine (C=N–C) groups is 1. The Labute approximate surface area is 165 Å². The Morgan fingerprint density at radius 1 is 1.15 bits per heavy atom. The summed E-state index contributed by atoms with van der Waals surface area (Å²) in [7, 11) is -3.13. The molecule has 2 rings (SSSR count). The maximum absolute atomic E-state index is 11.5. The maximum atomic E-state index is 11.5. The van der Waals surface area contributed by atoms with Crippen LogP contribution in [0.2, 0.25) is 0 Å². The monoisotopic (exact) mass is 393 g/mol. The molecule has 1 aromatic rings. The molecule has 1 aromatic carbocycles. The lowest BCUT2D eigenvalue weighted by Gasteiger charge is -2.32. The van der Waals surface area contributed by atoms with E-state index in [0.29, 0.717) is 17.5 Å².